The third-order valence-corrected chi connectivity index (χ3v) is 4.84. The van der Waals surface area contributed by atoms with Gasteiger partial charge in [0.25, 0.3) is 0 Å². The van der Waals surface area contributed by atoms with Crippen LogP contribution < -0.4 is 0 Å². The van der Waals surface area contributed by atoms with E-state index in [0.29, 0.717) is 24.5 Å². The van der Waals surface area contributed by atoms with Gasteiger partial charge in [-0.05, 0) is 38.0 Å². The first-order valence-electron chi connectivity index (χ1n) is 8.80. The summed E-state index contributed by atoms with van der Waals surface area (Å²) >= 11 is 0. The van der Waals surface area contributed by atoms with Crippen LogP contribution >= 0.6 is 0 Å². The Balaban J connectivity index is 1.88. The number of benzene rings is 1. The monoisotopic (exact) mass is 358 g/mol. The van der Waals surface area contributed by atoms with Crippen LogP contribution in [0.4, 0.5) is 8.78 Å². The molecule has 1 fully saturated rings. The number of ether oxygens (including phenoxy) is 1. The third kappa shape index (κ3) is 2.92. The van der Waals surface area contributed by atoms with Crippen molar-refractivity contribution in [2.45, 2.75) is 32.4 Å². The Labute approximate surface area is 150 Å². The molecule has 0 saturated carbocycles. The fourth-order valence-corrected chi connectivity index (χ4v) is 3.46. The van der Waals surface area contributed by atoms with Crippen molar-refractivity contribution in [2.75, 3.05) is 13.2 Å². The van der Waals surface area contributed by atoms with E-state index in [0.717, 1.165) is 37.0 Å². The summed E-state index contributed by atoms with van der Waals surface area (Å²) in [5.41, 5.74) is 1.97. The minimum absolute atomic E-state index is 0.243. The Morgan fingerprint density at radius 1 is 1.15 bits per heavy atom. The van der Waals surface area contributed by atoms with Gasteiger partial charge in [-0.3, -0.25) is 0 Å². The van der Waals surface area contributed by atoms with Gasteiger partial charge in [-0.15, -0.1) is 0 Å². The molecule has 2 aromatic heterocycles. The van der Waals surface area contributed by atoms with Crippen molar-refractivity contribution < 1.29 is 13.5 Å². The lowest BCUT2D eigenvalue weighted by molar-refractivity contribution is 0.0699. The summed E-state index contributed by atoms with van der Waals surface area (Å²) in [6.45, 7) is 4.19. The lowest BCUT2D eigenvalue weighted by Crippen LogP contribution is -2.20. The highest BCUT2D eigenvalue weighted by Crippen LogP contribution is 2.35. The molecule has 26 heavy (non-hydrogen) atoms. The Bertz CT molecular complexity index is 912. The highest BCUT2D eigenvalue weighted by molar-refractivity contribution is 5.75. The number of nitrogens with zero attached hydrogens (tertiary/aromatic N) is 4. The van der Waals surface area contributed by atoms with E-state index in [1.807, 2.05) is 17.7 Å². The largest absolute Gasteiger partial charge is 0.381 e. The number of aryl methyl sites for hydroxylation is 1. The molecular formula is C19H20F2N4O. The van der Waals surface area contributed by atoms with E-state index < -0.39 is 11.6 Å². The molecule has 0 aliphatic carbocycles. The second-order valence-corrected chi connectivity index (χ2v) is 6.36. The van der Waals surface area contributed by atoms with E-state index in [1.165, 1.54) is 6.07 Å². The van der Waals surface area contributed by atoms with Crippen molar-refractivity contribution in [2.24, 2.45) is 0 Å². The van der Waals surface area contributed by atoms with Gasteiger partial charge in [0.05, 0.1) is 12.0 Å². The smallest absolute Gasteiger partial charge is 0.159 e. The van der Waals surface area contributed by atoms with Crippen molar-refractivity contribution >= 4 is 0 Å². The summed E-state index contributed by atoms with van der Waals surface area (Å²) in [5, 5.41) is 0. The van der Waals surface area contributed by atoms with Crippen LogP contribution in [-0.2, 0) is 11.3 Å². The molecule has 0 atom stereocenters. The number of aromatic nitrogens is 4. The molecule has 0 amide bonds. The summed E-state index contributed by atoms with van der Waals surface area (Å²) in [6.07, 6.45) is 7.19. The van der Waals surface area contributed by atoms with Crippen LogP contribution in [0.15, 0.2) is 36.9 Å². The Kier molecular flexibility index (Phi) is 4.55. The van der Waals surface area contributed by atoms with Gasteiger partial charge in [0, 0.05) is 43.8 Å². The molecule has 0 spiro atoms. The normalized spacial score (nSPS) is 15.5. The zero-order valence-electron chi connectivity index (χ0n) is 14.5. The fraction of sp³-hybridized carbons (Fsp3) is 0.368. The second kappa shape index (κ2) is 6.99. The van der Waals surface area contributed by atoms with Crippen molar-refractivity contribution in [3.8, 4) is 22.8 Å². The Hall–Kier alpha value is -2.54. The van der Waals surface area contributed by atoms with Crippen molar-refractivity contribution in [1.29, 1.82) is 0 Å². The number of hydrogen-bond acceptors (Lipinski definition) is 3. The van der Waals surface area contributed by atoms with Crippen LogP contribution in [0.1, 0.15) is 25.8 Å². The maximum atomic E-state index is 13.8. The van der Waals surface area contributed by atoms with E-state index >= 15 is 0 Å². The molecule has 5 nitrogen and oxygen atoms in total. The maximum absolute atomic E-state index is 13.8. The fourth-order valence-electron chi connectivity index (χ4n) is 3.46. The van der Waals surface area contributed by atoms with Crippen LogP contribution in [-0.4, -0.2) is 32.3 Å². The molecule has 0 radical (unpaired) electrons. The first kappa shape index (κ1) is 16.9. The predicted molar refractivity (Wildman–Crippen MR) is 93.6 cm³/mol. The van der Waals surface area contributed by atoms with Gasteiger partial charge in [-0.2, -0.15) is 0 Å². The first-order chi connectivity index (χ1) is 12.7. The Morgan fingerprint density at radius 2 is 1.96 bits per heavy atom. The summed E-state index contributed by atoms with van der Waals surface area (Å²) in [4.78, 5) is 9.06. The van der Waals surface area contributed by atoms with E-state index in [9.17, 15) is 8.78 Å². The molecule has 0 N–H and O–H groups in total. The summed E-state index contributed by atoms with van der Waals surface area (Å²) in [6, 6.07) is 4.12. The number of rotatable bonds is 4. The number of hydrogen-bond donors (Lipinski definition) is 0. The molecule has 136 valence electrons. The molecule has 4 rings (SSSR count). The van der Waals surface area contributed by atoms with E-state index in [4.69, 9.17) is 4.74 Å². The molecule has 3 heterocycles. The lowest BCUT2D eigenvalue weighted by atomic mass is 10.1. The molecule has 0 unspecified atom stereocenters. The summed E-state index contributed by atoms with van der Waals surface area (Å²) in [7, 11) is 0. The third-order valence-electron chi connectivity index (χ3n) is 4.84. The average molecular weight is 358 g/mol. The minimum atomic E-state index is -0.882. The van der Waals surface area contributed by atoms with Crippen LogP contribution in [0.25, 0.3) is 22.8 Å². The first-order valence-corrected chi connectivity index (χ1v) is 8.80. The maximum Gasteiger partial charge on any atom is 0.159 e. The van der Waals surface area contributed by atoms with Gasteiger partial charge in [-0.1, -0.05) is 0 Å². The van der Waals surface area contributed by atoms with Gasteiger partial charge in [0.15, 0.2) is 17.5 Å². The predicted octanol–water partition coefficient (Wildman–Crippen LogP) is 4.06. The van der Waals surface area contributed by atoms with Crippen LogP contribution in [0, 0.1) is 11.6 Å². The second-order valence-electron chi connectivity index (χ2n) is 6.36. The van der Waals surface area contributed by atoms with Gasteiger partial charge in [0.1, 0.15) is 5.69 Å². The van der Waals surface area contributed by atoms with Gasteiger partial charge in [-0.25, -0.2) is 18.7 Å². The number of imidazole rings is 2. The van der Waals surface area contributed by atoms with E-state index in [-0.39, 0.29) is 6.04 Å². The topological polar surface area (TPSA) is 44.9 Å². The molecule has 3 aromatic rings. The molecule has 0 bridgehead atoms. The zero-order valence-corrected chi connectivity index (χ0v) is 14.5. The minimum Gasteiger partial charge on any atom is -0.381 e. The molecule has 1 aliphatic heterocycles. The van der Waals surface area contributed by atoms with Crippen molar-refractivity contribution in [1.82, 2.24) is 19.1 Å². The van der Waals surface area contributed by atoms with Crippen LogP contribution in [0.5, 0.6) is 0 Å². The highest BCUT2D eigenvalue weighted by Gasteiger charge is 2.25. The SMILES string of the molecule is CCn1ccnc1-c1c(-c2ccc(F)c(F)c2)ncn1C1CCOCC1. The molecular weight excluding hydrogens is 338 g/mol. The highest BCUT2D eigenvalue weighted by atomic mass is 19.2. The van der Waals surface area contributed by atoms with Crippen LogP contribution in [0.2, 0.25) is 0 Å². The Morgan fingerprint density at radius 3 is 2.69 bits per heavy atom. The molecule has 1 aromatic carbocycles. The quantitative estimate of drug-likeness (QED) is 0.706. The van der Waals surface area contributed by atoms with Gasteiger partial charge < -0.3 is 13.9 Å². The zero-order chi connectivity index (χ0) is 18.1. The molecule has 7 heteroatoms. The summed E-state index contributed by atoms with van der Waals surface area (Å²) in [5.74, 6) is -0.974. The summed E-state index contributed by atoms with van der Waals surface area (Å²) < 4.78 is 36.8. The van der Waals surface area contributed by atoms with E-state index in [1.54, 1.807) is 18.6 Å². The molecule has 1 saturated heterocycles. The van der Waals surface area contributed by atoms with Gasteiger partial charge >= 0.3 is 0 Å². The van der Waals surface area contributed by atoms with Crippen molar-refractivity contribution in [3.63, 3.8) is 0 Å². The number of halogens is 2. The standard InChI is InChI=1S/C19H20F2N4O/c1-2-24-8-7-22-19(24)18-17(13-3-4-15(20)16(21)11-13)23-12-25(18)14-5-9-26-10-6-14/h3-4,7-8,11-12,14H,2,5-6,9-10H2,1H3. The van der Waals surface area contributed by atoms with Crippen LogP contribution in [0.3, 0.4) is 0 Å². The van der Waals surface area contributed by atoms with Crippen molar-refractivity contribution in [3.05, 3.63) is 48.6 Å². The van der Waals surface area contributed by atoms with Gasteiger partial charge in [0.2, 0.25) is 0 Å². The average Bonchev–Trinajstić information content (AvgIpc) is 3.30. The lowest BCUT2D eigenvalue weighted by Gasteiger charge is -2.25. The molecule has 1 aliphatic rings. The van der Waals surface area contributed by atoms with E-state index in [2.05, 4.69) is 14.5 Å².